The lowest BCUT2D eigenvalue weighted by Gasteiger charge is -2.24. The Morgan fingerprint density at radius 3 is 2.04 bits per heavy atom. The molecule has 2 rings (SSSR count). The van der Waals surface area contributed by atoms with Crippen molar-refractivity contribution in [1.82, 2.24) is 0 Å². The lowest BCUT2D eigenvalue weighted by molar-refractivity contribution is 0.0322. The standard InChI is InChI=1S/C19H21F2O5P/c1-3-25-27(23,26-4-2)19(20,21)18(22)16-10-12-17(13-11-16)24-14-15-8-6-5-7-9-15/h5-13H,3-4,14H2,1-2H3. The van der Waals surface area contributed by atoms with Crippen LogP contribution in [0.1, 0.15) is 29.8 Å². The minimum Gasteiger partial charge on any atom is -0.489 e. The van der Waals surface area contributed by atoms with E-state index in [1.165, 1.54) is 38.1 Å². The SMILES string of the molecule is CCOP(=O)(OCC)C(F)(F)C(=O)c1ccc(OCc2ccccc2)cc1. The Labute approximate surface area is 156 Å². The topological polar surface area (TPSA) is 61.8 Å². The van der Waals surface area contributed by atoms with Gasteiger partial charge in [-0.05, 0) is 43.7 Å². The fourth-order valence-electron chi connectivity index (χ4n) is 2.28. The lowest BCUT2D eigenvalue weighted by Crippen LogP contribution is -2.31. The quantitative estimate of drug-likeness (QED) is 0.401. The summed E-state index contributed by atoms with van der Waals surface area (Å²) in [6.45, 7) is 2.54. The van der Waals surface area contributed by atoms with Gasteiger partial charge in [0, 0.05) is 5.56 Å². The zero-order chi connectivity index (χ0) is 19.9. The van der Waals surface area contributed by atoms with Gasteiger partial charge in [-0.2, -0.15) is 8.78 Å². The van der Waals surface area contributed by atoms with Gasteiger partial charge in [0.25, 0.3) is 0 Å². The molecule has 0 fully saturated rings. The summed E-state index contributed by atoms with van der Waals surface area (Å²) >= 11 is 0. The van der Waals surface area contributed by atoms with Crippen LogP contribution in [-0.4, -0.2) is 24.7 Å². The van der Waals surface area contributed by atoms with Crippen molar-refractivity contribution in [1.29, 1.82) is 0 Å². The largest absolute Gasteiger partial charge is 0.489 e. The number of hydrogen-bond donors (Lipinski definition) is 0. The van der Waals surface area contributed by atoms with Crippen LogP contribution in [0.3, 0.4) is 0 Å². The normalized spacial score (nSPS) is 12.0. The van der Waals surface area contributed by atoms with Crippen LogP contribution in [0.5, 0.6) is 5.75 Å². The number of carbonyl (C=O) groups is 1. The molecule has 0 N–H and O–H groups in total. The maximum atomic E-state index is 14.5. The Bertz CT molecular complexity index is 784. The molecule has 0 saturated heterocycles. The van der Waals surface area contributed by atoms with E-state index in [1.807, 2.05) is 30.3 Å². The molecule has 0 saturated carbocycles. The fraction of sp³-hybridized carbons (Fsp3) is 0.316. The van der Waals surface area contributed by atoms with Crippen LogP contribution in [-0.2, 0) is 20.2 Å². The Balaban J connectivity index is 2.12. The van der Waals surface area contributed by atoms with Crippen molar-refractivity contribution in [2.45, 2.75) is 26.1 Å². The average molecular weight is 398 g/mol. The van der Waals surface area contributed by atoms with Crippen LogP contribution >= 0.6 is 7.60 Å². The molecular formula is C19H21F2O5P. The molecule has 2 aromatic rings. The minimum atomic E-state index is -4.92. The number of halogens is 2. The summed E-state index contributed by atoms with van der Waals surface area (Å²) in [4.78, 5) is 12.2. The van der Waals surface area contributed by atoms with Crippen LogP contribution in [0.15, 0.2) is 54.6 Å². The van der Waals surface area contributed by atoms with Gasteiger partial charge in [0.1, 0.15) is 12.4 Å². The average Bonchev–Trinajstić information content (AvgIpc) is 2.67. The molecule has 2 aromatic carbocycles. The van der Waals surface area contributed by atoms with Crippen molar-refractivity contribution in [2.75, 3.05) is 13.2 Å². The first-order valence-electron chi connectivity index (χ1n) is 8.42. The Morgan fingerprint density at radius 2 is 1.52 bits per heavy atom. The summed E-state index contributed by atoms with van der Waals surface area (Å²) < 4.78 is 56.1. The fourth-order valence-corrected chi connectivity index (χ4v) is 3.74. The summed E-state index contributed by atoms with van der Waals surface area (Å²) in [6.07, 6.45) is 0. The number of hydrogen-bond acceptors (Lipinski definition) is 5. The van der Waals surface area contributed by atoms with Gasteiger partial charge in [-0.1, -0.05) is 30.3 Å². The molecule has 0 aliphatic rings. The van der Waals surface area contributed by atoms with Gasteiger partial charge in [0.15, 0.2) is 0 Å². The van der Waals surface area contributed by atoms with Crippen LogP contribution in [0.4, 0.5) is 8.78 Å². The van der Waals surface area contributed by atoms with E-state index < -0.39 is 19.0 Å². The summed E-state index contributed by atoms with van der Waals surface area (Å²) in [6, 6.07) is 14.6. The van der Waals surface area contributed by atoms with Crippen LogP contribution in [0, 0.1) is 0 Å². The third kappa shape index (κ3) is 5.01. The third-order valence-corrected chi connectivity index (χ3v) is 5.67. The van der Waals surface area contributed by atoms with Gasteiger partial charge in [0.05, 0.1) is 13.2 Å². The summed E-state index contributed by atoms with van der Waals surface area (Å²) in [5.41, 5.74) is -3.66. The Morgan fingerprint density at radius 1 is 0.963 bits per heavy atom. The van der Waals surface area contributed by atoms with Gasteiger partial charge in [-0.3, -0.25) is 9.36 Å². The first kappa shape index (κ1) is 21.2. The van der Waals surface area contributed by atoms with Crippen molar-refractivity contribution >= 4 is 13.4 Å². The lowest BCUT2D eigenvalue weighted by atomic mass is 10.1. The number of carbonyl (C=O) groups excluding carboxylic acids is 1. The van der Waals surface area contributed by atoms with E-state index in [0.29, 0.717) is 12.4 Å². The molecule has 0 bridgehead atoms. The molecule has 0 unspecified atom stereocenters. The van der Waals surface area contributed by atoms with Gasteiger partial charge >= 0.3 is 13.3 Å². The van der Waals surface area contributed by atoms with Gasteiger partial charge in [-0.15, -0.1) is 0 Å². The maximum Gasteiger partial charge on any atom is 0.408 e. The molecule has 146 valence electrons. The number of rotatable bonds is 10. The molecule has 0 aromatic heterocycles. The zero-order valence-corrected chi connectivity index (χ0v) is 16.0. The van der Waals surface area contributed by atoms with Crippen molar-refractivity contribution in [3.8, 4) is 5.75 Å². The van der Waals surface area contributed by atoms with E-state index in [4.69, 9.17) is 4.74 Å². The molecule has 0 radical (unpaired) electrons. The molecule has 8 heteroatoms. The first-order valence-corrected chi connectivity index (χ1v) is 9.97. The van der Waals surface area contributed by atoms with E-state index in [9.17, 15) is 18.1 Å². The highest BCUT2D eigenvalue weighted by molar-refractivity contribution is 7.56. The Kier molecular flexibility index (Phi) is 7.25. The highest BCUT2D eigenvalue weighted by Crippen LogP contribution is 2.62. The third-order valence-electron chi connectivity index (χ3n) is 3.58. The van der Waals surface area contributed by atoms with Gasteiger partial charge in [-0.25, -0.2) is 0 Å². The highest BCUT2D eigenvalue weighted by atomic mass is 31.2. The molecular weight excluding hydrogens is 377 g/mol. The van der Waals surface area contributed by atoms with E-state index in [0.717, 1.165) is 5.56 Å². The zero-order valence-electron chi connectivity index (χ0n) is 15.1. The number of ether oxygens (including phenoxy) is 1. The molecule has 5 nitrogen and oxygen atoms in total. The molecule has 0 aliphatic heterocycles. The molecule has 0 atom stereocenters. The second-order valence-electron chi connectivity index (χ2n) is 5.50. The monoisotopic (exact) mass is 398 g/mol. The predicted molar refractivity (Wildman–Crippen MR) is 97.4 cm³/mol. The first-order chi connectivity index (χ1) is 12.8. The summed E-state index contributed by atoms with van der Waals surface area (Å²) in [5.74, 6) is -1.21. The number of benzene rings is 2. The van der Waals surface area contributed by atoms with Crippen molar-refractivity contribution in [3.63, 3.8) is 0 Å². The molecule has 0 heterocycles. The van der Waals surface area contributed by atoms with E-state index in [2.05, 4.69) is 9.05 Å². The van der Waals surface area contributed by atoms with E-state index in [-0.39, 0.29) is 18.8 Å². The predicted octanol–water partition coefficient (Wildman–Crippen LogP) is 5.31. The van der Waals surface area contributed by atoms with Crippen LogP contribution < -0.4 is 4.74 Å². The number of alkyl halides is 2. The van der Waals surface area contributed by atoms with E-state index >= 15 is 0 Å². The summed E-state index contributed by atoms with van der Waals surface area (Å²) in [7, 11) is -4.92. The molecule has 27 heavy (non-hydrogen) atoms. The van der Waals surface area contributed by atoms with Gasteiger partial charge < -0.3 is 13.8 Å². The van der Waals surface area contributed by atoms with Crippen molar-refractivity contribution in [2.24, 2.45) is 0 Å². The Hall–Kier alpha value is -2.08. The van der Waals surface area contributed by atoms with Crippen LogP contribution in [0.25, 0.3) is 0 Å². The smallest absolute Gasteiger partial charge is 0.408 e. The molecule has 0 spiro atoms. The van der Waals surface area contributed by atoms with Gasteiger partial charge in [0.2, 0.25) is 5.78 Å². The minimum absolute atomic E-state index is 0.271. The van der Waals surface area contributed by atoms with Crippen molar-refractivity contribution < 1.29 is 31.9 Å². The van der Waals surface area contributed by atoms with E-state index in [1.54, 1.807) is 0 Å². The molecule has 0 amide bonds. The second kappa shape index (κ2) is 9.22. The maximum absolute atomic E-state index is 14.5. The summed E-state index contributed by atoms with van der Waals surface area (Å²) in [5, 5.41) is 0. The van der Waals surface area contributed by atoms with Crippen molar-refractivity contribution in [3.05, 3.63) is 65.7 Å². The second-order valence-corrected chi connectivity index (χ2v) is 7.58. The highest BCUT2D eigenvalue weighted by Gasteiger charge is 2.59. The molecule has 0 aliphatic carbocycles. The van der Waals surface area contributed by atoms with Crippen LogP contribution in [0.2, 0.25) is 0 Å². The number of Topliss-reactive ketones (excluding diaryl/α,β-unsaturated/α-hetero) is 1. The number of ketones is 1.